The Morgan fingerprint density at radius 1 is 1.47 bits per heavy atom. The molecular weight excluding hydrogens is 280 g/mol. The largest absolute Gasteiger partial charge is 0.299 e. The Hall–Kier alpha value is -0.640. The number of carbonyl (C=O) groups is 1. The molecule has 1 saturated carbocycles. The van der Waals surface area contributed by atoms with Crippen LogP contribution < -0.4 is 0 Å². The summed E-state index contributed by atoms with van der Waals surface area (Å²) >= 11 is 3.54. The van der Waals surface area contributed by atoms with E-state index in [1.807, 2.05) is 11.6 Å². The van der Waals surface area contributed by atoms with E-state index in [1.165, 1.54) is 12.8 Å². The Balaban J connectivity index is 2.14. The van der Waals surface area contributed by atoms with E-state index in [9.17, 15) is 4.79 Å². The number of rotatable bonds is 4. The lowest BCUT2D eigenvalue weighted by atomic mass is 9.99. The standard InChI is InChI=1S/C13H19BrN2O/c1-3-16-11(13(14)9(2)15-16)8-12(17)10-6-4-5-7-10/h10H,3-8H2,1-2H3. The minimum Gasteiger partial charge on any atom is -0.299 e. The number of aryl methyl sites for hydroxylation is 2. The second-order valence-electron chi connectivity index (χ2n) is 4.79. The molecule has 0 spiro atoms. The molecule has 17 heavy (non-hydrogen) atoms. The van der Waals surface area contributed by atoms with E-state index in [0.29, 0.717) is 18.1 Å². The van der Waals surface area contributed by atoms with Gasteiger partial charge in [-0.2, -0.15) is 5.10 Å². The molecule has 1 fully saturated rings. The predicted octanol–water partition coefficient (Wildman–Crippen LogP) is 3.28. The highest BCUT2D eigenvalue weighted by molar-refractivity contribution is 9.10. The lowest BCUT2D eigenvalue weighted by Crippen LogP contribution is -2.16. The smallest absolute Gasteiger partial charge is 0.141 e. The first-order valence-corrected chi connectivity index (χ1v) is 7.17. The SMILES string of the molecule is CCn1nc(C)c(Br)c1CC(=O)C1CCCC1. The summed E-state index contributed by atoms with van der Waals surface area (Å²) in [5.74, 6) is 0.681. The summed E-state index contributed by atoms with van der Waals surface area (Å²) in [4.78, 5) is 12.2. The van der Waals surface area contributed by atoms with Gasteiger partial charge in [0, 0.05) is 18.9 Å². The maximum absolute atomic E-state index is 12.2. The highest BCUT2D eigenvalue weighted by atomic mass is 79.9. The van der Waals surface area contributed by atoms with Gasteiger partial charge in [0.05, 0.1) is 15.9 Å². The van der Waals surface area contributed by atoms with E-state index in [-0.39, 0.29) is 0 Å². The molecule has 0 unspecified atom stereocenters. The van der Waals surface area contributed by atoms with Gasteiger partial charge in [0.1, 0.15) is 5.78 Å². The fourth-order valence-electron chi connectivity index (χ4n) is 2.60. The number of nitrogens with zero attached hydrogens (tertiary/aromatic N) is 2. The summed E-state index contributed by atoms with van der Waals surface area (Å²) in [6, 6.07) is 0. The summed E-state index contributed by atoms with van der Waals surface area (Å²) in [5, 5.41) is 4.43. The van der Waals surface area contributed by atoms with Crippen LogP contribution in [0.3, 0.4) is 0 Å². The molecule has 1 aromatic rings. The van der Waals surface area contributed by atoms with Crippen molar-refractivity contribution in [2.24, 2.45) is 5.92 Å². The number of aromatic nitrogens is 2. The Morgan fingerprint density at radius 2 is 2.12 bits per heavy atom. The molecule has 1 aromatic heterocycles. The average Bonchev–Trinajstić information content (AvgIpc) is 2.92. The molecule has 0 N–H and O–H groups in total. The molecule has 0 radical (unpaired) electrons. The van der Waals surface area contributed by atoms with Crippen molar-refractivity contribution in [3.63, 3.8) is 0 Å². The van der Waals surface area contributed by atoms with Crippen LogP contribution >= 0.6 is 15.9 Å². The predicted molar refractivity (Wildman–Crippen MR) is 71.0 cm³/mol. The van der Waals surface area contributed by atoms with Gasteiger partial charge in [0.25, 0.3) is 0 Å². The Kier molecular flexibility index (Phi) is 4.02. The maximum atomic E-state index is 12.2. The van der Waals surface area contributed by atoms with Crippen molar-refractivity contribution in [1.29, 1.82) is 0 Å². The monoisotopic (exact) mass is 298 g/mol. The van der Waals surface area contributed by atoms with Crippen molar-refractivity contribution in [3.05, 3.63) is 15.9 Å². The summed E-state index contributed by atoms with van der Waals surface area (Å²) < 4.78 is 2.94. The first-order valence-electron chi connectivity index (χ1n) is 6.38. The second-order valence-corrected chi connectivity index (χ2v) is 5.58. The third-order valence-corrected chi connectivity index (χ3v) is 4.64. The topological polar surface area (TPSA) is 34.9 Å². The van der Waals surface area contributed by atoms with Crippen LogP contribution in [0.15, 0.2) is 4.47 Å². The van der Waals surface area contributed by atoms with Gasteiger partial charge in [0.15, 0.2) is 0 Å². The van der Waals surface area contributed by atoms with Crippen molar-refractivity contribution in [2.75, 3.05) is 0 Å². The van der Waals surface area contributed by atoms with Gasteiger partial charge in [-0.15, -0.1) is 0 Å². The number of Topliss-reactive ketones (excluding diaryl/α,β-unsaturated/α-hetero) is 1. The molecule has 1 aliphatic rings. The first-order chi connectivity index (χ1) is 8.13. The average molecular weight is 299 g/mol. The maximum Gasteiger partial charge on any atom is 0.141 e. The second kappa shape index (κ2) is 5.34. The van der Waals surface area contributed by atoms with Crippen LogP contribution in [0.2, 0.25) is 0 Å². The highest BCUT2D eigenvalue weighted by Crippen LogP contribution is 2.28. The third-order valence-electron chi connectivity index (χ3n) is 3.61. The van der Waals surface area contributed by atoms with Gasteiger partial charge in [-0.1, -0.05) is 12.8 Å². The molecule has 1 heterocycles. The fourth-order valence-corrected chi connectivity index (χ4v) is 3.02. The van der Waals surface area contributed by atoms with Crippen LogP contribution in [0, 0.1) is 12.8 Å². The first kappa shape index (κ1) is 12.8. The van der Waals surface area contributed by atoms with Crippen molar-refractivity contribution >= 4 is 21.7 Å². The van der Waals surface area contributed by atoms with Crippen LogP contribution in [0.5, 0.6) is 0 Å². The molecule has 2 rings (SSSR count). The third kappa shape index (κ3) is 2.62. The van der Waals surface area contributed by atoms with E-state index in [0.717, 1.165) is 35.2 Å². The number of hydrogen-bond acceptors (Lipinski definition) is 2. The molecule has 1 aliphatic carbocycles. The van der Waals surface area contributed by atoms with Gasteiger partial charge < -0.3 is 0 Å². The molecule has 0 aromatic carbocycles. The summed E-state index contributed by atoms with van der Waals surface area (Å²) in [6.07, 6.45) is 5.11. The fraction of sp³-hybridized carbons (Fsp3) is 0.692. The quantitative estimate of drug-likeness (QED) is 0.855. The molecular formula is C13H19BrN2O. The molecule has 94 valence electrons. The van der Waals surface area contributed by atoms with Crippen LogP contribution in [-0.4, -0.2) is 15.6 Å². The molecule has 0 amide bonds. The minimum absolute atomic E-state index is 0.294. The Morgan fingerprint density at radius 3 is 2.71 bits per heavy atom. The zero-order valence-electron chi connectivity index (χ0n) is 10.5. The Bertz CT molecular complexity index is 419. The van der Waals surface area contributed by atoms with Crippen LogP contribution in [0.1, 0.15) is 44.0 Å². The van der Waals surface area contributed by atoms with Gasteiger partial charge in [-0.3, -0.25) is 9.48 Å². The van der Waals surface area contributed by atoms with Crippen molar-refractivity contribution in [2.45, 2.75) is 52.5 Å². The lowest BCUT2D eigenvalue weighted by Gasteiger charge is -2.09. The molecule has 0 bridgehead atoms. The summed E-state index contributed by atoms with van der Waals surface area (Å²) in [5.41, 5.74) is 2.02. The molecule has 0 saturated heterocycles. The van der Waals surface area contributed by atoms with E-state index in [2.05, 4.69) is 28.0 Å². The van der Waals surface area contributed by atoms with Crippen molar-refractivity contribution < 1.29 is 4.79 Å². The molecule has 4 heteroatoms. The molecule has 0 aliphatic heterocycles. The number of halogens is 1. The van der Waals surface area contributed by atoms with E-state index >= 15 is 0 Å². The van der Waals surface area contributed by atoms with Crippen LogP contribution in [0.25, 0.3) is 0 Å². The molecule has 0 atom stereocenters. The number of carbonyl (C=O) groups excluding carboxylic acids is 1. The number of hydrogen-bond donors (Lipinski definition) is 0. The minimum atomic E-state index is 0.294. The number of ketones is 1. The van der Waals surface area contributed by atoms with E-state index in [4.69, 9.17) is 0 Å². The zero-order chi connectivity index (χ0) is 12.4. The Labute approximate surface area is 111 Å². The normalized spacial score (nSPS) is 16.6. The van der Waals surface area contributed by atoms with Crippen LogP contribution in [0.4, 0.5) is 0 Å². The van der Waals surface area contributed by atoms with Gasteiger partial charge in [0.2, 0.25) is 0 Å². The van der Waals surface area contributed by atoms with E-state index < -0.39 is 0 Å². The summed E-state index contributed by atoms with van der Waals surface area (Å²) in [7, 11) is 0. The lowest BCUT2D eigenvalue weighted by molar-refractivity contribution is -0.122. The van der Waals surface area contributed by atoms with Gasteiger partial charge in [-0.05, 0) is 42.6 Å². The van der Waals surface area contributed by atoms with Crippen molar-refractivity contribution in [1.82, 2.24) is 9.78 Å². The van der Waals surface area contributed by atoms with Crippen molar-refractivity contribution in [3.8, 4) is 0 Å². The summed E-state index contributed by atoms with van der Waals surface area (Å²) in [6.45, 7) is 4.85. The highest BCUT2D eigenvalue weighted by Gasteiger charge is 2.25. The van der Waals surface area contributed by atoms with Gasteiger partial charge in [-0.25, -0.2) is 0 Å². The van der Waals surface area contributed by atoms with Crippen LogP contribution in [-0.2, 0) is 17.8 Å². The zero-order valence-corrected chi connectivity index (χ0v) is 12.1. The molecule has 3 nitrogen and oxygen atoms in total. The van der Waals surface area contributed by atoms with Gasteiger partial charge >= 0.3 is 0 Å². The van der Waals surface area contributed by atoms with E-state index in [1.54, 1.807) is 0 Å².